The van der Waals surface area contributed by atoms with Crippen LogP contribution in [0.1, 0.15) is 134 Å². The van der Waals surface area contributed by atoms with Crippen LogP contribution in [0, 0.1) is 0 Å². The second-order valence-electron chi connectivity index (χ2n) is 9.17. The lowest BCUT2D eigenvalue weighted by Gasteiger charge is -2.04. The number of hydrogen-bond donors (Lipinski definition) is 0. The highest BCUT2D eigenvalue weighted by Crippen LogP contribution is 2.16. The number of unbranched alkanes of at least 4 members (excludes halogenated alkanes) is 19. The Hall–Kier alpha value is -0.560. The Balaban J connectivity index is 1.69. The van der Waals surface area contributed by atoms with E-state index in [1.54, 1.807) is 0 Å². The maximum Gasteiger partial charge on any atom is 0.0175 e. The molecule has 0 fully saturated rings. The standard InChI is InChI=1S/C29H49Br/c1-2-3-4-5-6-7-8-9-10-11-12-13-14-15-16-17-18-19-20-21-22-23-28-24-26-29(30)27-25-28/h2,24-27H,1,3-23H2. The van der Waals surface area contributed by atoms with Gasteiger partial charge in [-0.25, -0.2) is 0 Å². The largest absolute Gasteiger partial charge is 0.103 e. The van der Waals surface area contributed by atoms with Gasteiger partial charge < -0.3 is 0 Å². The third-order valence-corrected chi connectivity index (χ3v) is 6.82. The highest BCUT2D eigenvalue weighted by atomic mass is 79.9. The fourth-order valence-corrected chi connectivity index (χ4v) is 4.54. The third-order valence-electron chi connectivity index (χ3n) is 6.29. The summed E-state index contributed by atoms with van der Waals surface area (Å²) in [5.74, 6) is 0. The highest BCUT2D eigenvalue weighted by molar-refractivity contribution is 9.10. The van der Waals surface area contributed by atoms with E-state index in [2.05, 4.69) is 52.9 Å². The summed E-state index contributed by atoms with van der Waals surface area (Å²) in [6.07, 6.45) is 31.8. The van der Waals surface area contributed by atoms with Crippen LogP contribution in [0.2, 0.25) is 0 Å². The molecule has 0 aliphatic heterocycles. The van der Waals surface area contributed by atoms with Crippen LogP contribution in [-0.4, -0.2) is 0 Å². The fraction of sp³-hybridized carbons (Fsp3) is 0.724. The zero-order valence-corrected chi connectivity index (χ0v) is 21.4. The molecule has 0 saturated carbocycles. The normalized spacial score (nSPS) is 11.1. The SMILES string of the molecule is C=CCCCCCCCCCCCCCCCCCCCCCc1ccc(Br)cc1. The predicted octanol–water partition coefficient (Wildman–Crippen LogP) is 11.0. The van der Waals surface area contributed by atoms with Gasteiger partial charge in [0.25, 0.3) is 0 Å². The molecule has 0 heterocycles. The van der Waals surface area contributed by atoms with Crippen LogP contribution in [0.25, 0.3) is 0 Å². The minimum atomic E-state index is 1.18. The Bertz CT molecular complexity index is 476. The minimum Gasteiger partial charge on any atom is -0.103 e. The first-order chi connectivity index (χ1) is 14.8. The summed E-state index contributed by atoms with van der Waals surface area (Å²) < 4.78 is 1.18. The molecule has 0 atom stereocenters. The van der Waals surface area contributed by atoms with Crippen molar-refractivity contribution >= 4 is 15.9 Å². The average Bonchev–Trinajstić information content (AvgIpc) is 2.76. The molecule has 0 amide bonds. The first-order valence-electron chi connectivity index (χ1n) is 13.2. The summed E-state index contributed by atoms with van der Waals surface area (Å²) in [5.41, 5.74) is 1.48. The average molecular weight is 478 g/mol. The van der Waals surface area contributed by atoms with Crippen LogP contribution < -0.4 is 0 Å². The lowest BCUT2D eigenvalue weighted by atomic mass is 10.0. The van der Waals surface area contributed by atoms with E-state index in [-0.39, 0.29) is 0 Å². The lowest BCUT2D eigenvalue weighted by molar-refractivity contribution is 0.522. The van der Waals surface area contributed by atoms with Crippen LogP contribution in [0.15, 0.2) is 41.4 Å². The first kappa shape index (κ1) is 27.5. The van der Waals surface area contributed by atoms with Gasteiger partial charge in [0.2, 0.25) is 0 Å². The molecule has 1 rings (SSSR count). The number of halogens is 1. The molecule has 1 aromatic carbocycles. The summed E-state index contributed by atoms with van der Waals surface area (Å²) in [5, 5.41) is 0. The van der Waals surface area contributed by atoms with Crippen LogP contribution in [0.4, 0.5) is 0 Å². The molecule has 0 saturated heterocycles. The molecule has 1 heteroatoms. The minimum absolute atomic E-state index is 1.18. The summed E-state index contributed by atoms with van der Waals surface area (Å²) in [4.78, 5) is 0. The molecule has 0 aliphatic carbocycles. The van der Waals surface area contributed by atoms with Crippen molar-refractivity contribution in [1.29, 1.82) is 0 Å². The molecule has 0 aromatic heterocycles. The van der Waals surface area contributed by atoms with E-state index in [4.69, 9.17) is 0 Å². The maximum atomic E-state index is 3.79. The molecule has 1 aromatic rings. The Morgan fingerprint density at radius 2 is 0.833 bits per heavy atom. The smallest absolute Gasteiger partial charge is 0.0175 e. The number of benzene rings is 1. The van der Waals surface area contributed by atoms with Crippen molar-refractivity contribution in [3.63, 3.8) is 0 Å². The van der Waals surface area contributed by atoms with Gasteiger partial charge in [-0.05, 0) is 43.4 Å². The van der Waals surface area contributed by atoms with Crippen molar-refractivity contribution < 1.29 is 0 Å². The van der Waals surface area contributed by atoms with E-state index >= 15 is 0 Å². The molecule has 0 nitrogen and oxygen atoms in total. The topological polar surface area (TPSA) is 0 Å². The Morgan fingerprint density at radius 3 is 1.20 bits per heavy atom. The van der Waals surface area contributed by atoms with E-state index in [9.17, 15) is 0 Å². The van der Waals surface area contributed by atoms with Crippen molar-refractivity contribution in [3.05, 3.63) is 47.0 Å². The van der Waals surface area contributed by atoms with Crippen molar-refractivity contribution in [2.24, 2.45) is 0 Å². The highest BCUT2D eigenvalue weighted by Gasteiger charge is 1.97. The summed E-state index contributed by atoms with van der Waals surface area (Å²) in [6.45, 7) is 3.79. The van der Waals surface area contributed by atoms with Gasteiger partial charge in [-0.3, -0.25) is 0 Å². The van der Waals surface area contributed by atoms with Crippen molar-refractivity contribution in [2.45, 2.75) is 135 Å². The van der Waals surface area contributed by atoms with Gasteiger partial charge in [0.1, 0.15) is 0 Å². The van der Waals surface area contributed by atoms with Gasteiger partial charge >= 0.3 is 0 Å². The maximum absolute atomic E-state index is 3.79. The number of allylic oxidation sites excluding steroid dienone is 1. The van der Waals surface area contributed by atoms with Gasteiger partial charge in [0.15, 0.2) is 0 Å². The van der Waals surface area contributed by atoms with Crippen LogP contribution in [-0.2, 0) is 6.42 Å². The number of hydrogen-bond acceptors (Lipinski definition) is 0. The zero-order valence-electron chi connectivity index (χ0n) is 19.8. The van der Waals surface area contributed by atoms with E-state index in [1.807, 2.05) is 0 Å². The van der Waals surface area contributed by atoms with Gasteiger partial charge in [-0.2, -0.15) is 0 Å². The molecule has 30 heavy (non-hydrogen) atoms. The van der Waals surface area contributed by atoms with Crippen LogP contribution in [0.5, 0.6) is 0 Å². The van der Waals surface area contributed by atoms with E-state index in [0.717, 1.165) is 0 Å². The van der Waals surface area contributed by atoms with E-state index in [0.29, 0.717) is 0 Å². The van der Waals surface area contributed by atoms with Gasteiger partial charge in [-0.15, -0.1) is 6.58 Å². The predicted molar refractivity (Wildman–Crippen MR) is 140 cm³/mol. The second-order valence-corrected chi connectivity index (χ2v) is 10.1. The Labute approximate surface area is 197 Å². The third kappa shape index (κ3) is 18.2. The van der Waals surface area contributed by atoms with Crippen molar-refractivity contribution in [2.75, 3.05) is 0 Å². The van der Waals surface area contributed by atoms with E-state index < -0.39 is 0 Å². The molecule has 0 N–H and O–H groups in total. The molecule has 172 valence electrons. The zero-order chi connectivity index (χ0) is 21.5. The lowest BCUT2D eigenvalue weighted by Crippen LogP contribution is -1.86. The molecule has 0 spiro atoms. The van der Waals surface area contributed by atoms with Crippen LogP contribution >= 0.6 is 15.9 Å². The van der Waals surface area contributed by atoms with E-state index in [1.165, 1.54) is 145 Å². The van der Waals surface area contributed by atoms with Gasteiger partial charge in [-0.1, -0.05) is 143 Å². The second kappa shape index (κ2) is 21.7. The summed E-state index contributed by atoms with van der Waals surface area (Å²) in [6, 6.07) is 8.81. The summed E-state index contributed by atoms with van der Waals surface area (Å²) in [7, 11) is 0. The molecule has 0 bridgehead atoms. The molecule has 0 radical (unpaired) electrons. The van der Waals surface area contributed by atoms with Crippen molar-refractivity contribution in [1.82, 2.24) is 0 Å². The number of rotatable bonds is 22. The first-order valence-corrected chi connectivity index (χ1v) is 14.0. The number of aryl methyl sites for hydroxylation is 1. The van der Waals surface area contributed by atoms with Crippen molar-refractivity contribution in [3.8, 4) is 0 Å². The monoisotopic (exact) mass is 476 g/mol. The molecular formula is C29H49Br. The molecule has 0 aliphatic rings. The molecular weight excluding hydrogens is 428 g/mol. The molecule has 0 unspecified atom stereocenters. The quantitative estimate of drug-likeness (QED) is 0.115. The fourth-order valence-electron chi connectivity index (χ4n) is 4.27. The summed E-state index contributed by atoms with van der Waals surface area (Å²) >= 11 is 3.50. The van der Waals surface area contributed by atoms with Crippen LogP contribution in [0.3, 0.4) is 0 Å². The van der Waals surface area contributed by atoms with Gasteiger partial charge in [0, 0.05) is 4.47 Å². The Morgan fingerprint density at radius 1 is 0.500 bits per heavy atom. The Kier molecular flexibility index (Phi) is 19.8. The van der Waals surface area contributed by atoms with Gasteiger partial charge in [0.05, 0.1) is 0 Å².